The molecule has 0 atom stereocenters. The number of rotatable bonds is 6. The first-order valence-electron chi connectivity index (χ1n) is 7.47. The van der Waals surface area contributed by atoms with Gasteiger partial charge in [-0.2, -0.15) is 0 Å². The van der Waals surface area contributed by atoms with Crippen molar-refractivity contribution in [2.75, 3.05) is 6.54 Å². The minimum atomic E-state index is 0.196. The lowest BCUT2D eigenvalue weighted by molar-refractivity contribution is -0.121. The van der Waals surface area contributed by atoms with Crippen LogP contribution in [0, 0.1) is 5.92 Å². The smallest absolute Gasteiger partial charge is 0.220 e. The van der Waals surface area contributed by atoms with E-state index in [2.05, 4.69) is 10.3 Å². The van der Waals surface area contributed by atoms with E-state index < -0.39 is 0 Å². The van der Waals surface area contributed by atoms with E-state index in [0.29, 0.717) is 13.0 Å². The third-order valence-electron chi connectivity index (χ3n) is 3.97. The van der Waals surface area contributed by atoms with Gasteiger partial charge in [0.25, 0.3) is 0 Å². The number of hydrogen-bond acceptors (Lipinski definition) is 2. The molecular weight excluding hydrogens is 238 g/mol. The van der Waals surface area contributed by atoms with E-state index in [-0.39, 0.29) is 5.91 Å². The van der Waals surface area contributed by atoms with Gasteiger partial charge in [-0.05, 0) is 12.3 Å². The Kier molecular flexibility index (Phi) is 5.43. The topological polar surface area (TPSA) is 46.9 Å². The molecule has 106 valence electrons. The lowest BCUT2D eigenvalue weighted by atomic mass is 9.86. The zero-order valence-corrected chi connectivity index (χ0v) is 11.9. The van der Waals surface area contributed by atoms with Gasteiger partial charge >= 0.3 is 0 Å². The van der Waals surface area contributed by atoms with Gasteiger partial charge in [-0.1, -0.05) is 32.1 Å². The van der Waals surface area contributed by atoms with Crippen LogP contribution in [0.4, 0.5) is 0 Å². The van der Waals surface area contributed by atoms with E-state index in [1.807, 2.05) is 17.8 Å². The molecule has 0 spiro atoms. The highest BCUT2D eigenvalue weighted by Gasteiger charge is 2.14. The Morgan fingerprint density at radius 3 is 2.89 bits per heavy atom. The fourth-order valence-corrected chi connectivity index (χ4v) is 2.83. The number of carbonyl (C=O) groups is 1. The van der Waals surface area contributed by atoms with Gasteiger partial charge in [-0.15, -0.1) is 0 Å². The van der Waals surface area contributed by atoms with E-state index in [1.165, 1.54) is 32.1 Å². The molecule has 1 aliphatic rings. The molecular formula is C15H25N3O. The Labute approximate surface area is 115 Å². The number of imidazole rings is 1. The Morgan fingerprint density at radius 2 is 2.21 bits per heavy atom. The second kappa shape index (κ2) is 7.31. The van der Waals surface area contributed by atoms with Crippen molar-refractivity contribution >= 4 is 5.91 Å². The summed E-state index contributed by atoms with van der Waals surface area (Å²) in [6.07, 6.45) is 13.1. The summed E-state index contributed by atoms with van der Waals surface area (Å²) < 4.78 is 1.93. The molecule has 0 unspecified atom stereocenters. The van der Waals surface area contributed by atoms with Crippen molar-refractivity contribution in [2.24, 2.45) is 13.0 Å². The van der Waals surface area contributed by atoms with Crippen LogP contribution in [0.25, 0.3) is 0 Å². The third kappa shape index (κ3) is 5.05. The number of nitrogens with zero attached hydrogens (tertiary/aromatic N) is 2. The minimum Gasteiger partial charge on any atom is -0.356 e. The molecule has 1 aromatic rings. The van der Waals surface area contributed by atoms with Crippen LogP contribution in [-0.2, 0) is 18.3 Å². The second-order valence-corrected chi connectivity index (χ2v) is 5.67. The fourth-order valence-electron chi connectivity index (χ4n) is 2.83. The number of carbonyl (C=O) groups excluding carboxylic acids is 1. The van der Waals surface area contributed by atoms with Crippen molar-refractivity contribution in [2.45, 2.75) is 51.4 Å². The summed E-state index contributed by atoms with van der Waals surface area (Å²) in [5.41, 5.74) is 1.04. The Morgan fingerprint density at radius 1 is 1.42 bits per heavy atom. The number of hydrogen-bond donors (Lipinski definition) is 1. The van der Waals surface area contributed by atoms with Gasteiger partial charge in [-0.25, -0.2) is 4.98 Å². The first-order chi connectivity index (χ1) is 9.24. The van der Waals surface area contributed by atoms with Crippen LogP contribution < -0.4 is 5.32 Å². The van der Waals surface area contributed by atoms with Gasteiger partial charge in [0.05, 0.1) is 12.0 Å². The summed E-state index contributed by atoms with van der Waals surface area (Å²) in [5.74, 6) is 0.983. The predicted molar refractivity (Wildman–Crippen MR) is 75.7 cm³/mol. The normalized spacial score (nSPS) is 16.5. The third-order valence-corrected chi connectivity index (χ3v) is 3.97. The van der Waals surface area contributed by atoms with Crippen LogP contribution in [0.2, 0.25) is 0 Å². The summed E-state index contributed by atoms with van der Waals surface area (Å²) in [5, 5.41) is 2.99. The van der Waals surface area contributed by atoms with E-state index in [9.17, 15) is 4.79 Å². The molecule has 0 saturated heterocycles. The van der Waals surface area contributed by atoms with Gasteiger partial charge in [0.1, 0.15) is 0 Å². The van der Waals surface area contributed by atoms with Crippen molar-refractivity contribution < 1.29 is 4.79 Å². The number of aryl methyl sites for hydroxylation is 1. The van der Waals surface area contributed by atoms with Crippen molar-refractivity contribution in [1.29, 1.82) is 0 Å². The molecule has 0 aromatic carbocycles. The molecule has 1 N–H and O–H groups in total. The van der Waals surface area contributed by atoms with Crippen LogP contribution >= 0.6 is 0 Å². The van der Waals surface area contributed by atoms with E-state index in [1.54, 1.807) is 6.33 Å². The van der Waals surface area contributed by atoms with Gasteiger partial charge in [0.2, 0.25) is 5.91 Å². The van der Waals surface area contributed by atoms with Gasteiger partial charge in [0.15, 0.2) is 0 Å². The van der Waals surface area contributed by atoms with Crippen LogP contribution in [-0.4, -0.2) is 22.0 Å². The zero-order chi connectivity index (χ0) is 13.5. The molecule has 0 aliphatic heterocycles. The average Bonchev–Trinajstić information content (AvgIpc) is 2.83. The van der Waals surface area contributed by atoms with E-state index in [4.69, 9.17) is 0 Å². The van der Waals surface area contributed by atoms with Crippen molar-refractivity contribution in [3.05, 3.63) is 18.2 Å². The maximum Gasteiger partial charge on any atom is 0.220 e. The fraction of sp³-hybridized carbons (Fsp3) is 0.733. The van der Waals surface area contributed by atoms with Crippen LogP contribution in [0.3, 0.4) is 0 Å². The molecule has 1 aliphatic carbocycles. The summed E-state index contributed by atoms with van der Waals surface area (Å²) in [7, 11) is 1.96. The Balaban J connectivity index is 1.56. The predicted octanol–water partition coefficient (Wildman–Crippen LogP) is 2.44. The minimum absolute atomic E-state index is 0.196. The molecule has 1 aromatic heterocycles. The van der Waals surface area contributed by atoms with Crippen molar-refractivity contribution in [1.82, 2.24) is 14.9 Å². The largest absolute Gasteiger partial charge is 0.356 e. The summed E-state index contributed by atoms with van der Waals surface area (Å²) >= 11 is 0. The van der Waals surface area contributed by atoms with Crippen molar-refractivity contribution in [3.8, 4) is 0 Å². The molecule has 1 heterocycles. The number of amides is 1. The summed E-state index contributed by atoms with van der Waals surface area (Å²) in [6.45, 7) is 0.695. The standard InChI is InChI=1S/C15H25N3O/c1-18-11-14(17-12-18)9-10-16-15(19)8-7-13-5-3-2-4-6-13/h11-13H,2-10H2,1H3,(H,16,19). The SMILES string of the molecule is Cn1cnc(CCNC(=O)CCC2CCCCC2)c1. The Hall–Kier alpha value is -1.32. The molecule has 0 bridgehead atoms. The molecule has 4 heteroatoms. The van der Waals surface area contributed by atoms with Crippen molar-refractivity contribution in [3.63, 3.8) is 0 Å². The van der Waals surface area contributed by atoms with Gasteiger partial charge in [-0.3, -0.25) is 4.79 Å². The summed E-state index contributed by atoms with van der Waals surface area (Å²) in [6, 6.07) is 0. The molecule has 1 fully saturated rings. The molecule has 0 radical (unpaired) electrons. The van der Waals surface area contributed by atoms with Crippen LogP contribution in [0.5, 0.6) is 0 Å². The zero-order valence-electron chi connectivity index (χ0n) is 11.9. The maximum atomic E-state index is 11.7. The van der Waals surface area contributed by atoms with Crippen LogP contribution in [0.15, 0.2) is 12.5 Å². The van der Waals surface area contributed by atoms with Gasteiger partial charge < -0.3 is 9.88 Å². The lowest BCUT2D eigenvalue weighted by Crippen LogP contribution is -2.26. The highest BCUT2D eigenvalue weighted by Crippen LogP contribution is 2.27. The quantitative estimate of drug-likeness (QED) is 0.857. The molecule has 2 rings (SSSR count). The van der Waals surface area contributed by atoms with E-state index >= 15 is 0 Å². The number of nitrogens with one attached hydrogen (secondary N) is 1. The number of aromatic nitrogens is 2. The first kappa shape index (κ1) is 14.1. The Bertz CT molecular complexity index is 394. The maximum absolute atomic E-state index is 11.7. The molecule has 1 amide bonds. The van der Waals surface area contributed by atoms with E-state index in [0.717, 1.165) is 24.5 Å². The lowest BCUT2D eigenvalue weighted by Gasteiger charge is -2.20. The second-order valence-electron chi connectivity index (χ2n) is 5.67. The molecule has 4 nitrogen and oxygen atoms in total. The van der Waals surface area contributed by atoms with Crippen LogP contribution in [0.1, 0.15) is 50.6 Å². The average molecular weight is 263 g/mol. The molecule has 19 heavy (non-hydrogen) atoms. The first-order valence-corrected chi connectivity index (χ1v) is 7.47. The highest BCUT2D eigenvalue weighted by molar-refractivity contribution is 5.75. The highest BCUT2D eigenvalue weighted by atomic mass is 16.1. The van der Waals surface area contributed by atoms with Gasteiger partial charge in [0, 0.05) is 32.6 Å². The molecule has 1 saturated carbocycles. The summed E-state index contributed by atoms with van der Waals surface area (Å²) in [4.78, 5) is 16.0. The monoisotopic (exact) mass is 263 g/mol.